The van der Waals surface area contributed by atoms with E-state index in [0.29, 0.717) is 16.8 Å². The molecule has 1 aromatic carbocycles. The van der Waals surface area contributed by atoms with Crippen molar-refractivity contribution in [2.24, 2.45) is 5.92 Å². The van der Waals surface area contributed by atoms with Crippen LogP contribution in [0.2, 0.25) is 5.02 Å². The molecule has 1 nitrogen and oxygen atoms in total. The second-order valence-corrected chi connectivity index (χ2v) is 5.26. The van der Waals surface area contributed by atoms with Gasteiger partial charge in [0, 0.05) is 10.0 Å². The summed E-state index contributed by atoms with van der Waals surface area (Å²) in [6, 6.07) is 3.22. The molecule has 0 aromatic heterocycles. The van der Waals surface area contributed by atoms with E-state index in [4.69, 9.17) is 11.6 Å². The number of hydrogen-bond acceptors (Lipinski definition) is 1. The molecule has 0 spiro atoms. The van der Waals surface area contributed by atoms with Gasteiger partial charge in [0.15, 0.2) is 0 Å². The number of hydrogen-bond donors (Lipinski definition) is 1. The largest absolute Gasteiger partial charge is 0.388 e. The van der Waals surface area contributed by atoms with Crippen LogP contribution in [0.4, 0.5) is 4.39 Å². The van der Waals surface area contributed by atoms with Crippen molar-refractivity contribution in [2.75, 3.05) is 0 Å². The van der Waals surface area contributed by atoms with E-state index in [9.17, 15) is 9.50 Å². The third-order valence-electron chi connectivity index (χ3n) is 2.75. The van der Waals surface area contributed by atoms with Crippen molar-refractivity contribution in [2.45, 2.75) is 32.8 Å². The number of aliphatic hydroxyl groups excluding tert-OH is 1. The minimum atomic E-state index is -0.791. The molecule has 0 aliphatic rings. The first-order valence-corrected chi connectivity index (χ1v) is 6.45. The molecule has 1 N–H and O–H groups in total. The van der Waals surface area contributed by atoms with Gasteiger partial charge in [0.25, 0.3) is 0 Å². The van der Waals surface area contributed by atoms with Gasteiger partial charge >= 0.3 is 0 Å². The number of benzene rings is 1. The second-order valence-electron chi connectivity index (χ2n) is 4.03. The Kier molecular flexibility index (Phi) is 5.22. The Bertz CT molecular complexity index is 370. The third-order valence-corrected chi connectivity index (χ3v) is 4.01. The lowest BCUT2D eigenvalue weighted by molar-refractivity contribution is 0.142. The van der Waals surface area contributed by atoms with E-state index in [1.807, 2.05) is 13.8 Å². The second kappa shape index (κ2) is 5.99. The summed E-state index contributed by atoms with van der Waals surface area (Å²) in [5.41, 5.74) is 0.272. The first-order valence-electron chi connectivity index (χ1n) is 5.28. The quantitative estimate of drug-likeness (QED) is 0.799. The summed E-state index contributed by atoms with van der Waals surface area (Å²) in [4.78, 5) is 0. The van der Waals surface area contributed by atoms with Crippen molar-refractivity contribution in [3.8, 4) is 0 Å². The maximum atomic E-state index is 13.7. The highest BCUT2D eigenvalue weighted by molar-refractivity contribution is 9.10. The standard InChI is InChI=1S/C12H15BrClFO/c1-3-7(2)6-10(16)8-4-5-9(13)11(14)12(8)15/h4-5,7,10,16H,3,6H2,1-2H3. The number of aliphatic hydroxyl groups is 1. The van der Waals surface area contributed by atoms with Crippen LogP contribution in [0.15, 0.2) is 16.6 Å². The highest BCUT2D eigenvalue weighted by atomic mass is 79.9. The summed E-state index contributed by atoms with van der Waals surface area (Å²) in [6.07, 6.45) is 0.717. The van der Waals surface area contributed by atoms with Crippen molar-refractivity contribution in [3.05, 3.63) is 33.0 Å². The SMILES string of the molecule is CCC(C)CC(O)c1ccc(Br)c(Cl)c1F. The Morgan fingerprint density at radius 3 is 2.69 bits per heavy atom. The van der Waals surface area contributed by atoms with Gasteiger partial charge in [-0.1, -0.05) is 37.9 Å². The Morgan fingerprint density at radius 2 is 2.12 bits per heavy atom. The highest BCUT2D eigenvalue weighted by Crippen LogP contribution is 2.32. The van der Waals surface area contributed by atoms with Crippen LogP contribution in [0.3, 0.4) is 0 Å². The summed E-state index contributed by atoms with van der Waals surface area (Å²) >= 11 is 8.90. The smallest absolute Gasteiger partial charge is 0.148 e. The van der Waals surface area contributed by atoms with E-state index in [1.54, 1.807) is 12.1 Å². The maximum absolute atomic E-state index is 13.7. The molecule has 0 saturated carbocycles. The lowest BCUT2D eigenvalue weighted by Gasteiger charge is -2.16. The van der Waals surface area contributed by atoms with Crippen LogP contribution in [0.1, 0.15) is 38.4 Å². The topological polar surface area (TPSA) is 20.2 Å². The molecule has 4 heteroatoms. The van der Waals surface area contributed by atoms with E-state index in [1.165, 1.54) is 0 Å². The zero-order valence-electron chi connectivity index (χ0n) is 9.30. The molecule has 1 aromatic rings. The molecule has 0 bridgehead atoms. The minimum Gasteiger partial charge on any atom is -0.388 e. The Labute approximate surface area is 109 Å². The molecule has 90 valence electrons. The van der Waals surface area contributed by atoms with Crippen molar-refractivity contribution in [1.82, 2.24) is 0 Å². The molecular formula is C12H15BrClFO. The Balaban J connectivity index is 2.92. The molecular weight excluding hydrogens is 294 g/mol. The molecule has 0 saturated heterocycles. The van der Waals surface area contributed by atoms with Crippen LogP contribution in [-0.4, -0.2) is 5.11 Å². The predicted molar refractivity (Wildman–Crippen MR) is 68.1 cm³/mol. The van der Waals surface area contributed by atoms with Gasteiger partial charge in [-0.2, -0.15) is 0 Å². The van der Waals surface area contributed by atoms with Gasteiger partial charge in [-0.05, 0) is 34.3 Å². The molecule has 0 aliphatic carbocycles. The summed E-state index contributed by atoms with van der Waals surface area (Å²) < 4.78 is 14.3. The van der Waals surface area contributed by atoms with E-state index in [2.05, 4.69) is 15.9 Å². The van der Waals surface area contributed by atoms with Crippen LogP contribution in [0, 0.1) is 11.7 Å². The molecule has 0 aliphatic heterocycles. The predicted octanol–water partition coefficient (Wildman–Crippen LogP) is 4.71. The summed E-state index contributed by atoms with van der Waals surface area (Å²) in [7, 11) is 0. The summed E-state index contributed by atoms with van der Waals surface area (Å²) in [5.74, 6) is -0.177. The van der Waals surface area contributed by atoms with Gasteiger partial charge in [0.05, 0.1) is 11.1 Å². The summed E-state index contributed by atoms with van der Waals surface area (Å²) in [6.45, 7) is 4.07. The van der Waals surface area contributed by atoms with Crippen LogP contribution in [0.25, 0.3) is 0 Å². The van der Waals surface area contributed by atoms with Gasteiger partial charge in [-0.3, -0.25) is 0 Å². The van der Waals surface area contributed by atoms with Crippen LogP contribution in [-0.2, 0) is 0 Å². The summed E-state index contributed by atoms with van der Waals surface area (Å²) in [5, 5.41) is 9.93. The zero-order chi connectivity index (χ0) is 12.3. The zero-order valence-corrected chi connectivity index (χ0v) is 11.6. The van der Waals surface area contributed by atoms with Crippen molar-refractivity contribution < 1.29 is 9.50 Å². The van der Waals surface area contributed by atoms with Crippen molar-refractivity contribution in [3.63, 3.8) is 0 Å². The van der Waals surface area contributed by atoms with E-state index in [0.717, 1.165) is 6.42 Å². The normalized spacial score (nSPS) is 14.9. The molecule has 0 heterocycles. The fourth-order valence-electron chi connectivity index (χ4n) is 1.47. The average molecular weight is 310 g/mol. The first kappa shape index (κ1) is 13.9. The van der Waals surface area contributed by atoms with Gasteiger partial charge in [0.2, 0.25) is 0 Å². The Hall–Kier alpha value is -0.120. The van der Waals surface area contributed by atoms with Crippen LogP contribution < -0.4 is 0 Å². The lowest BCUT2D eigenvalue weighted by atomic mass is 9.96. The van der Waals surface area contributed by atoms with Gasteiger partial charge in [-0.15, -0.1) is 0 Å². The molecule has 0 radical (unpaired) electrons. The molecule has 0 amide bonds. The number of rotatable bonds is 4. The van der Waals surface area contributed by atoms with E-state index < -0.39 is 11.9 Å². The molecule has 2 atom stereocenters. The maximum Gasteiger partial charge on any atom is 0.148 e. The third kappa shape index (κ3) is 3.19. The van der Waals surface area contributed by atoms with Crippen molar-refractivity contribution in [1.29, 1.82) is 0 Å². The van der Waals surface area contributed by atoms with Crippen LogP contribution in [0.5, 0.6) is 0 Å². The highest BCUT2D eigenvalue weighted by Gasteiger charge is 2.18. The number of halogens is 3. The Morgan fingerprint density at radius 1 is 1.50 bits per heavy atom. The van der Waals surface area contributed by atoms with Gasteiger partial charge in [0.1, 0.15) is 5.82 Å². The molecule has 2 unspecified atom stereocenters. The minimum absolute atomic E-state index is 0.0284. The molecule has 0 fully saturated rings. The van der Waals surface area contributed by atoms with E-state index in [-0.39, 0.29) is 10.6 Å². The van der Waals surface area contributed by atoms with Gasteiger partial charge in [-0.25, -0.2) is 4.39 Å². The van der Waals surface area contributed by atoms with Gasteiger partial charge < -0.3 is 5.11 Å². The lowest BCUT2D eigenvalue weighted by Crippen LogP contribution is -2.06. The molecule has 16 heavy (non-hydrogen) atoms. The molecule has 1 rings (SSSR count). The first-order chi connectivity index (χ1) is 7.47. The average Bonchev–Trinajstić information content (AvgIpc) is 2.25. The fourth-order valence-corrected chi connectivity index (χ4v) is 1.95. The fraction of sp³-hybridized carbons (Fsp3) is 0.500. The monoisotopic (exact) mass is 308 g/mol. The van der Waals surface area contributed by atoms with E-state index >= 15 is 0 Å². The van der Waals surface area contributed by atoms with Crippen molar-refractivity contribution >= 4 is 27.5 Å². The van der Waals surface area contributed by atoms with Crippen LogP contribution >= 0.6 is 27.5 Å².